The standard InChI is InChI=1S/C31H39FN2O2/c1-23(2)22-36-29-15-11-24(12-16-29)19-31(35)34(21-25-9-13-27(32)14-10-25)28-17-18-33(3)30(20-28)26-7-5-4-6-8-26/h4-7,9-16,23,26,28,30H,8,17-22H2,1-3H3/t26?,28-,30+/m1/s1. The van der Waals surface area contributed by atoms with Crippen LogP contribution in [0.15, 0.2) is 72.8 Å². The largest absolute Gasteiger partial charge is 0.493 e. The van der Waals surface area contributed by atoms with Gasteiger partial charge in [0.05, 0.1) is 13.0 Å². The van der Waals surface area contributed by atoms with Crippen molar-refractivity contribution >= 4 is 5.91 Å². The Morgan fingerprint density at radius 1 is 1.08 bits per heavy atom. The lowest BCUT2D eigenvalue weighted by atomic mass is 9.83. The molecule has 5 heteroatoms. The molecule has 0 saturated carbocycles. The van der Waals surface area contributed by atoms with Crippen LogP contribution in [0.4, 0.5) is 4.39 Å². The van der Waals surface area contributed by atoms with Crippen LogP contribution in [-0.4, -0.2) is 48.0 Å². The lowest BCUT2D eigenvalue weighted by Crippen LogP contribution is -2.52. The van der Waals surface area contributed by atoms with Gasteiger partial charge in [-0.3, -0.25) is 4.79 Å². The van der Waals surface area contributed by atoms with Gasteiger partial charge in [-0.25, -0.2) is 4.39 Å². The number of carbonyl (C=O) groups excluding carboxylic acids is 1. The van der Waals surface area contributed by atoms with Crippen molar-refractivity contribution in [1.82, 2.24) is 9.80 Å². The summed E-state index contributed by atoms with van der Waals surface area (Å²) in [6, 6.07) is 14.9. The van der Waals surface area contributed by atoms with Crippen molar-refractivity contribution in [2.75, 3.05) is 20.2 Å². The Balaban J connectivity index is 1.49. The van der Waals surface area contributed by atoms with Crippen LogP contribution in [0.25, 0.3) is 0 Å². The number of halogens is 1. The van der Waals surface area contributed by atoms with Crippen LogP contribution < -0.4 is 4.74 Å². The minimum absolute atomic E-state index is 0.113. The zero-order valence-corrected chi connectivity index (χ0v) is 21.8. The summed E-state index contributed by atoms with van der Waals surface area (Å²) in [7, 11) is 2.20. The fraction of sp³-hybridized carbons (Fsp3) is 0.452. The first-order valence-corrected chi connectivity index (χ1v) is 13.2. The number of nitrogens with zero attached hydrogens (tertiary/aromatic N) is 2. The van der Waals surface area contributed by atoms with Crippen molar-refractivity contribution in [3.63, 3.8) is 0 Å². The summed E-state index contributed by atoms with van der Waals surface area (Å²) in [5.74, 6) is 1.61. The predicted octanol–water partition coefficient (Wildman–Crippen LogP) is 6.03. The molecule has 1 heterocycles. The van der Waals surface area contributed by atoms with E-state index in [9.17, 15) is 9.18 Å². The Morgan fingerprint density at radius 3 is 2.47 bits per heavy atom. The first-order chi connectivity index (χ1) is 17.4. The molecule has 2 aliphatic rings. The highest BCUT2D eigenvalue weighted by atomic mass is 19.1. The van der Waals surface area contributed by atoms with Crippen LogP contribution in [0.5, 0.6) is 5.75 Å². The van der Waals surface area contributed by atoms with Gasteiger partial charge in [0.15, 0.2) is 0 Å². The maximum absolute atomic E-state index is 13.7. The number of allylic oxidation sites excluding steroid dienone is 3. The Morgan fingerprint density at radius 2 is 1.81 bits per heavy atom. The number of rotatable bonds is 9. The Hall–Kier alpha value is -2.92. The van der Waals surface area contributed by atoms with Gasteiger partial charge in [-0.2, -0.15) is 0 Å². The van der Waals surface area contributed by atoms with Gasteiger partial charge in [0, 0.05) is 25.2 Å². The molecule has 1 unspecified atom stereocenters. The second-order valence-corrected chi connectivity index (χ2v) is 10.6. The molecule has 1 aliphatic heterocycles. The van der Waals surface area contributed by atoms with Gasteiger partial charge in [-0.1, -0.05) is 62.4 Å². The maximum Gasteiger partial charge on any atom is 0.227 e. The minimum Gasteiger partial charge on any atom is -0.493 e. The molecule has 4 rings (SSSR count). The van der Waals surface area contributed by atoms with E-state index in [1.807, 2.05) is 29.2 Å². The number of hydrogen-bond donors (Lipinski definition) is 0. The first-order valence-electron chi connectivity index (χ1n) is 13.2. The lowest BCUT2D eigenvalue weighted by Gasteiger charge is -2.44. The third-order valence-corrected chi connectivity index (χ3v) is 7.29. The van der Waals surface area contributed by atoms with Crippen LogP contribution in [0.3, 0.4) is 0 Å². The molecule has 2 aromatic carbocycles. The summed E-state index contributed by atoms with van der Waals surface area (Å²) < 4.78 is 19.3. The van der Waals surface area contributed by atoms with Gasteiger partial charge in [0.25, 0.3) is 0 Å². The molecule has 1 aliphatic carbocycles. The number of amides is 1. The number of hydrogen-bond acceptors (Lipinski definition) is 3. The summed E-state index contributed by atoms with van der Waals surface area (Å²) in [6.45, 7) is 6.37. The number of piperidine rings is 1. The average Bonchev–Trinajstić information content (AvgIpc) is 2.89. The highest BCUT2D eigenvalue weighted by Gasteiger charge is 2.35. The number of benzene rings is 2. The first kappa shape index (κ1) is 26.2. The van der Waals surface area contributed by atoms with E-state index in [1.54, 1.807) is 12.1 Å². The monoisotopic (exact) mass is 490 g/mol. The van der Waals surface area contributed by atoms with E-state index in [1.165, 1.54) is 12.1 Å². The van der Waals surface area contributed by atoms with E-state index >= 15 is 0 Å². The van der Waals surface area contributed by atoms with E-state index in [2.05, 4.69) is 50.1 Å². The van der Waals surface area contributed by atoms with Crippen LogP contribution in [0, 0.1) is 17.7 Å². The second kappa shape index (κ2) is 12.4. The average molecular weight is 491 g/mol. The van der Waals surface area contributed by atoms with Gasteiger partial charge in [-0.15, -0.1) is 0 Å². The molecular weight excluding hydrogens is 451 g/mol. The fourth-order valence-electron chi connectivity index (χ4n) is 5.21. The van der Waals surface area contributed by atoms with E-state index in [0.29, 0.717) is 37.5 Å². The number of carbonyl (C=O) groups is 1. The summed E-state index contributed by atoms with van der Waals surface area (Å²) in [5, 5.41) is 0. The molecule has 0 radical (unpaired) electrons. The highest BCUT2D eigenvalue weighted by Crippen LogP contribution is 2.31. The van der Waals surface area contributed by atoms with Crippen LogP contribution in [0.1, 0.15) is 44.2 Å². The smallest absolute Gasteiger partial charge is 0.227 e. The Bertz CT molecular complexity index is 1050. The zero-order valence-electron chi connectivity index (χ0n) is 21.8. The quantitative estimate of drug-likeness (QED) is 0.430. The minimum atomic E-state index is -0.257. The molecule has 1 amide bonds. The molecule has 4 nitrogen and oxygen atoms in total. The van der Waals surface area contributed by atoms with Gasteiger partial charge in [0.1, 0.15) is 11.6 Å². The molecule has 192 valence electrons. The molecule has 36 heavy (non-hydrogen) atoms. The third kappa shape index (κ3) is 7.07. The summed E-state index contributed by atoms with van der Waals surface area (Å²) in [5.41, 5.74) is 1.93. The van der Waals surface area contributed by atoms with Gasteiger partial charge in [0.2, 0.25) is 5.91 Å². The van der Waals surface area contributed by atoms with E-state index in [-0.39, 0.29) is 17.8 Å². The van der Waals surface area contributed by atoms with Gasteiger partial charge < -0.3 is 14.5 Å². The van der Waals surface area contributed by atoms with E-state index < -0.39 is 0 Å². The summed E-state index contributed by atoms with van der Waals surface area (Å²) in [6.07, 6.45) is 12.0. The van der Waals surface area contributed by atoms with Crippen molar-refractivity contribution in [2.45, 2.75) is 58.2 Å². The molecule has 2 aromatic rings. The summed E-state index contributed by atoms with van der Waals surface area (Å²) in [4.78, 5) is 18.2. The molecule has 1 fully saturated rings. The van der Waals surface area contributed by atoms with Gasteiger partial charge >= 0.3 is 0 Å². The van der Waals surface area contributed by atoms with Crippen LogP contribution in [-0.2, 0) is 17.8 Å². The van der Waals surface area contributed by atoms with E-state index in [4.69, 9.17) is 4.74 Å². The molecule has 0 aromatic heterocycles. The Kier molecular flexibility index (Phi) is 8.98. The van der Waals surface area contributed by atoms with Crippen molar-refractivity contribution in [2.24, 2.45) is 11.8 Å². The fourth-order valence-corrected chi connectivity index (χ4v) is 5.21. The lowest BCUT2D eigenvalue weighted by molar-refractivity contribution is -0.135. The van der Waals surface area contributed by atoms with Gasteiger partial charge in [-0.05, 0) is 73.5 Å². The molecule has 0 bridgehead atoms. The third-order valence-electron chi connectivity index (χ3n) is 7.29. The SMILES string of the molecule is CC(C)COc1ccc(CC(=O)N(Cc2ccc(F)cc2)[C@@H]2CCN(C)[C@H](C3C=CC=CC3)C2)cc1. The van der Waals surface area contributed by atoms with Crippen molar-refractivity contribution in [3.05, 3.63) is 89.8 Å². The second-order valence-electron chi connectivity index (χ2n) is 10.6. The highest BCUT2D eigenvalue weighted by molar-refractivity contribution is 5.79. The molecule has 0 N–H and O–H groups in total. The molecule has 0 spiro atoms. The predicted molar refractivity (Wildman–Crippen MR) is 143 cm³/mol. The number of ether oxygens (including phenoxy) is 1. The van der Waals surface area contributed by atoms with Crippen molar-refractivity contribution in [1.29, 1.82) is 0 Å². The molecule has 1 saturated heterocycles. The van der Waals surface area contributed by atoms with E-state index in [0.717, 1.165) is 42.7 Å². The van der Waals surface area contributed by atoms with Crippen LogP contribution in [0.2, 0.25) is 0 Å². The Labute approximate surface area is 215 Å². The van der Waals surface area contributed by atoms with Crippen molar-refractivity contribution < 1.29 is 13.9 Å². The zero-order chi connectivity index (χ0) is 25.5. The molecule has 3 atom stereocenters. The van der Waals surface area contributed by atoms with Crippen LogP contribution >= 0.6 is 0 Å². The molecular formula is C31H39FN2O2. The summed E-state index contributed by atoms with van der Waals surface area (Å²) >= 11 is 0. The normalized spacial score (nSPS) is 22.1. The van der Waals surface area contributed by atoms with Crippen molar-refractivity contribution in [3.8, 4) is 5.75 Å². The number of likely N-dealkylation sites (tertiary alicyclic amines) is 1. The topological polar surface area (TPSA) is 32.8 Å². The maximum atomic E-state index is 13.7.